The largest absolute Gasteiger partial charge is 0.378 e. The van der Waals surface area contributed by atoms with Crippen molar-refractivity contribution in [2.24, 2.45) is 7.05 Å². The van der Waals surface area contributed by atoms with Crippen LogP contribution in [0.4, 0.5) is 5.69 Å². The third-order valence-electron chi connectivity index (χ3n) is 3.14. The molecule has 0 aliphatic carbocycles. The third kappa shape index (κ3) is 2.92. The molecule has 0 aliphatic heterocycles. The van der Waals surface area contributed by atoms with Gasteiger partial charge in [0.15, 0.2) is 0 Å². The van der Waals surface area contributed by atoms with Crippen LogP contribution in [0, 0.1) is 6.92 Å². The Bertz CT molecular complexity index is 509. The highest BCUT2D eigenvalue weighted by atomic mass is 15.3. The fourth-order valence-electron chi connectivity index (χ4n) is 1.99. The minimum Gasteiger partial charge on any atom is -0.378 e. The van der Waals surface area contributed by atoms with Gasteiger partial charge in [0.1, 0.15) is 0 Å². The van der Waals surface area contributed by atoms with Crippen LogP contribution in [-0.2, 0) is 13.6 Å². The summed E-state index contributed by atoms with van der Waals surface area (Å²) in [6, 6.07) is 8.79. The Balaban J connectivity index is 2.00. The van der Waals surface area contributed by atoms with Gasteiger partial charge in [-0.2, -0.15) is 5.10 Å². The number of aromatic nitrogens is 2. The monoisotopic (exact) mass is 243 g/mol. The topological polar surface area (TPSA) is 29.9 Å². The molecule has 0 aliphatic rings. The maximum absolute atomic E-state index is 4.31. The highest BCUT2D eigenvalue weighted by Gasteiger charge is 2.03. The molecular weight excluding hydrogens is 222 g/mol. The second kappa shape index (κ2) is 5.25. The first-order chi connectivity index (χ1) is 8.56. The fraction of sp³-hybridized carbons (Fsp3) is 0.400. The van der Waals surface area contributed by atoms with Crippen LogP contribution in [0.5, 0.6) is 0 Å². The average Bonchev–Trinajstić information content (AvgIpc) is 2.66. The van der Waals surface area contributed by atoms with Gasteiger partial charge in [0.25, 0.3) is 0 Å². The van der Waals surface area contributed by atoms with E-state index in [2.05, 4.69) is 48.5 Å². The SMILES string of the molecule is Cc1nn(C)cc1NCc1ccc(C(C)C)cc1. The van der Waals surface area contributed by atoms with Crippen LogP contribution in [0.25, 0.3) is 0 Å². The van der Waals surface area contributed by atoms with Gasteiger partial charge in [-0.15, -0.1) is 0 Å². The van der Waals surface area contributed by atoms with E-state index in [-0.39, 0.29) is 0 Å². The van der Waals surface area contributed by atoms with E-state index in [4.69, 9.17) is 0 Å². The Labute approximate surface area is 109 Å². The Morgan fingerprint density at radius 2 is 1.89 bits per heavy atom. The molecule has 0 saturated carbocycles. The molecule has 0 amide bonds. The molecule has 0 saturated heterocycles. The Morgan fingerprint density at radius 1 is 1.22 bits per heavy atom. The Kier molecular flexibility index (Phi) is 3.70. The van der Waals surface area contributed by atoms with Crippen molar-refractivity contribution in [1.82, 2.24) is 9.78 Å². The predicted octanol–water partition coefficient (Wildman–Crippen LogP) is 3.46. The number of aryl methyl sites for hydroxylation is 2. The van der Waals surface area contributed by atoms with Gasteiger partial charge < -0.3 is 5.32 Å². The van der Waals surface area contributed by atoms with E-state index in [1.807, 2.05) is 24.9 Å². The Morgan fingerprint density at radius 3 is 2.39 bits per heavy atom. The van der Waals surface area contributed by atoms with Gasteiger partial charge in [-0.3, -0.25) is 4.68 Å². The minimum atomic E-state index is 0.590. The van der Waals surface area contributed by atoms with E-state index in [1.54, 1.807) is 0 Å². The molecule has 3 nitrogen and oxygen atoms in total. The number of nitrogens with one attached hydrogen (secondary N) is 1. The summed E-state index contributed by atoms with van der Waals surface area (Å²) in [7, 11) is 1.94. The maximum atomic E-state index is 4.31. The van der Waals surface area contributed by atoms with Gasteiger partial charge in [-0.05, 0) is 24.0 Å². The first-order valence-corrected chi connectivity index (χ1v) is 6.39. The molecule has 0 spiro atoms. The molecule has 1 aromatic heterocycles. The molecule has 0 atom stereocenters. The zero-order valence-electron chi connectivity index (χ0n) is 11.6. The third-order valence-corrected chi connectivity index (χ3v) is 3.14. The molecular formula is C15H21N3. The molecule has 0 unspecified atom stereocenters. The maximum Gasteiger partial charge on any atom is 0.0825 e. The minimum absolute atomic E-state index is 0.590. The van der Waals surface area contributed by atoms with Crippen LogP contribution >= 0.6 is 0 Å². The standard InChI is InChI=1S/C15H21N3/c1-11(2)14-7-5-13(6-8-14)9-16-15-10-18(4)17-12(15)3/h5-8,10-11,16H,9H2,1-4H3. The van der Waals surface area contributed by atoms with E-state index in [9.17, 15) is 0 Å². The van der Waals surface area contributed by atoms with Crippen LogP contribution in [0.1, 0.15) is 36.6 Å². The van der Waals surface area contributed by atoms with Crippen molar-refractivity contribution >= 4 is 5.69 Å². The van der Waals surface area contributed by atoms with Gasteiger partial charge in [0.2, 0.25) is 0 Å². The molecule has 2 rings (SSSR count). The number of rotatable bonds is 4. The van der Waals surface area contributed by atoms with Gasteiger partial charge >= 0.3 is 0 Å². The van der Waals surface area contributed by atoms with Gasteiger partial charge in [0, 0.05) is 19.8 Å². The summed E-state index contributed by atoms with van der Waals surface area (Å²) in [5, 5.41) is 7.73. The van der Waals surface area contributed by atoms with E-state index < -0.39 is 0 Å². The second-order valence-corrected chi connectivity index (χ2v) is 5.05. The molecule has 0 bridgehead atoms. The van der Waals surface area contributed by atoms with Crippen LogP contribution < -0.4 is 5.32 Å². The van der Waals surface area contributed by atoms with Crippen molar-refractivity contribution in [2.45, 2.75) is 33.2 Å². The lowest BCUT2D eigenvalue weighted by atomic mass is 10.0. The van der Waals surface area contributed by atoms with E-state index in [0.29, 0.717) is 5.92 Å². The zero-order valence-corrected chi connectivity index (χ0v) is 11.6. The first-order valence-electron chi connectivity index (χ1n) is 6.39. The molecule has 1 N–H and O–H groups in total. The summed E-state index contributed by atoms with van der Waals surface area (Å²) in [5.74, 6) is 0.590. The summed E-state index contributed by atoms with van der Waals surface area (Å²) >= 11 is 0. The van der Waals surface area contributed by atoms with Crippen LogP contribution in [0.15, 0.2) is 30.5 Å². The highest BCUT2D eigenvalue weighted by Crippen LogP contribution is 2.16. The number of hydrogen-bond acceptors (Lipinski definition) is 2. The van der Waals surface area contributed by atoms with Crippen molar-refractivity contribution in [3.63, 3.8) is 0 Å². The van der Waals surface area contributed by atoms with Crippen molar-refractivity contribution in [3.8, 4) is 0 Å². The zero-order chi connectivity index (χ0) is 13.1. The second-order valence-electron chi connectivity index (χ2n) is 5.05. The molecule has 3 heteroatoms. The number of benzene rings is 1. The lowest BCUT2D eigenvalue weighted by Crippen LogP contribution is -2.00. The molecule has 18 heavy (non-hydrogen) atoms. The number of hydrogen-bond donors (Lipinski definition) is 1. The summed E-state index contributed by atoms with van der Waals surface area (Å²) in [6.45, 7) is 7.29. The fourth-order valence-corrected chi connectivity index (χ4v) is 1.99. The molecule has 2 aromatic rings. The van der Waals surface area contributed by atoms with Crippen LogP contribution in [0.3, 0.4) is 0 Å². The normalized spacial score (nSPS) is 10.9. The molecule has 96 valence electrons. The van der Waals surface area contributed by atoms with Crippen molar-refractivity contribution in [3.05, 3.63) is 47.3 Å². The highest BCUT2D eigenvalue weighted by molar-refractivity contribution is 5.46. The number of anilines is 1. The van der Waals surface area contributed by atoms with Gasteiger partial charge in [-0.1, -0.05) is 38.1 Å². The molecule has 1 heterocycles. The van der Waals surface area contributed by atoms with E-state index >= 15 is 0 Å². The molecule has 0 radical (unpaired) electrons. The molecule has 1 aromatic carbocycles. The summed E-state index contributed by atoms with van der Waals surface area (Å²) in [4.78, 5) is 0. The van der Waals surface area contributed by atoms with Gasteiger partial charge in [0.05, 0.1) is 11.4 Å². The lowest BCUT2D eigenvalue weighted by Gasteiger charge is -2.08. The predicted molar refractivity (Wildman–Crippen MR) is 75.8 cm³/mol. The number of nitrogens with zero attached hydrogens (tertiary/aromatic N) is 2. The van der Waals surface area contributed by atoms with E-state index in [0.717, 1.165) is 17.9 Å². The van der Waals surface area contributed by atoms with Crippen LogP contribution in [-0.4, -0.2) is 9.78 Å². The van der Waals surface area contributed by atoms with Gasteiger partial charge in [-0.25, -0.2) is 0 Å². The first kappa shape index (κ1) is 12.7. The van der Waals surface area contributed by atoms with Crippen molar-refractivity contribution < 1.29 is 0 Å². The lowest BCUT2D eigenvalue weighted by molar-refractivity contribution is 0.756. The van der Waals surface area contributed by atoms with Crippen LogP contribution in [0.2, 0.25) is 0 Å². The smallest absolute Gasteiger partial charge is 0.0825 e. The van der Waals surface area contributed by atoms with Crippen molar-refractivity contribution in [1.29, 1.82) is 0 Å². The Hall–Kier alpha value is -1.77. The quantitative estimate of drug-likeness (QED) is 0.891. The molecule has 0 fully saturated rings. The van der Waals surface area contributed by atoms with E-state index in [1.165, 1.54) is 11.1 Å². The van der Waals surface area contributed by atoms with Crippen molar-refractivity contribution in [2.75, 3.05) is 5.32 Å². The average molecular weight is 243 g/mol. The summed E-state index contributed by atoms with van der Waals surface area (Å²) < 4.78 is 1.83. The summed E-state index contributed by atoms with van der Waals surface area (Å²) in [5.41, 5.74) is 4.82. The summed E-state index contributed by atoms with van der Waals surface area (Å²) in [6.07, 6.45) is 2.01.